The van der Waals surface area contributed by atoms with Gasteiger partial charge in [0, 0.05) is 44.6 Å². The zero-order valence-corrected chi connectivity index (χ0v) is 29.2. The molecule has 0 amide bonds. The highest BCUT2D eigenvalue weighted by Crippen LogP contribution is 2.61. The van der Waals surface area contributed by atoms with E-state index in [2.05, 4.69) is 135 Å². The molecule has 6 aromatic rings. The van der Waals surface area contributed by atoms with Gasteiger partial charge in [0.05, 0.1) is 0 Å². The molecule has 0 aromatic heterocycles. The van der Waals surface area contributed by atoms with Crippen molar-refractivity contribution >= 4 is 55.1 Å². The Bertz CT molecular complexity index is 2090. The molecule has 4 atom stereocenters. The smallest absolute Gasteiger partial charge is 0.0496 e. The number of anilines is 4. The van der Waals surface area contributed by atoms with E-state index in [1.165, 1.54) is 130 Å². The molecule has 2 aliphatic carbocycles. The molecule has 242 valence electrons. The highest BCUT2D eigenvalue weighted by Gasteiger charge is 2.55. The van der Waals surface area contributed by atoms with Gasteiger partial charge in [0.15, 0.2) is 0 Å². The van der Waals surface area contributed by atoms with Gasteiger partial charge in [-0.05, 0) is 120 Å². The summed E-state index contributed by atoms with van der Waals surface area (Å²) in [5.41, 5.74) is 9.16. The lowest BCUT2D eigenvalue weighted by Crippen LogP contribution is -2.60. The van der Waals surface area contributed by atoms with E-state index in [9.17, 15) is 0 Å². The molecule has 0 bridgehead atoms. The van der Waals surface area contributed by atoms with Crippen LogP contribution in [0.15, 0.2) is 97.1 Å². The molecule has 0 radical (unpaired) electrons. The third-order valence-corrected chi connectivity index (χ3v) is 14.6. The average Bonchev–Trinajstić information content (AvgIpc) is 3.09. The number of nitrogens with zero attached hydrogens (tertiary/aromatic N) is 2. The molecule has 0 saturated heterocycles. The summed E-state index contributed by atoms with van der Waals surface area (Å²) in [7, 11) is 0. The lowest BCUT2D eigenvalue weighted by atomic mass is 9.57. The van der Waals surface area contributed by atoms with E-state index in [1.54, 1.807) is 0 Å². The maximum absolute atomic E-state index is 2.80. The summed E-state index contributed by atoms with van der Waals surface area (Å²) in [6.07, 6.45) is 12.6. The van der Waals surface area contributed by atoms with Gasteiger partial charge in [-0.15, -0.1) is 0 Å². The number of hydrogen-bond donors (Lipinski definition) is 0. The molecule has 0 N–H and O–H groups in total. The van der Waals surface area contributed by atoms with Crippen LogP contribution < -0.4 is 9.80 Å². The predicted octanol–water partition coefficient (Wildman–Crippen LogP) is 12.7. The maximum Gasteiger partial charge on any atom is 0.0496 e. The Balaban J connectivity index is 1.25. The standard InChI is InChI=1S/C46H48N2/c1-43-25-9-11-27-45(43,3)47(37-15-7-5-13-33(37)29-43)39-23-19-31-18-22-36-40(24-20-32-17-21-35(39)41(31)42(32)36)48-38-16-8-6-14-34(38)30-44(2)26-10-12-28-46(44,48)4/h5-8,13-24H,9-12,25-30H2,1-4H3. The number of hydrogen-bond acceptors (Lipinski definition) is 2. The minimum Gasteiger partial charge on any atom is -0.334 e. The van der Waals surface area contributed by atoms with E-state index >= 15 is 0 Å². The number of para-hydroxylation sites is 2. The van der Waals surface area contributed by atoms with Crippen molar-refractivity contribution in [1.82, 2.24) is 0 Å². The Labute approximate surface area is 286 Å². The van der Waals surface area contributed by atoms with Gasteiger partial charge in [0.25, 0.3) is 0 Å². The Hall–Kier alpha value is -4.04. The van der Waals surface area contributed by atoms with Crippen LogP contribution in [0.1, 0.15) is 90.2 Å². The van der Waals surface area contributed by atoms with Crippen molar-refractivity contribution < 1.29 is 0 Å². The Morgan fingerprint density at radius 2 is 0.812 bits per heavy atom. The molecular weight excluding hydrogens is 581 g/mol. The van der Waals surface area contributed by atoms with E-state index in [-0.39, 0.29) is 21.9 Å². The first-order valence-electron chi connectivity index (χ1n) is 18.7. The van der Waals surface area contributed by atoms with Gasteiger partial charge >= 0.3 is 0 Å². The van der Waals surface area contributed by atoms with Crippen molar-refractivity contribution in [1.29, 1.82) is 0 Å². The molecule has 48 heavy (non-hydrogen) atoms. The van der Waals surface area contributed by atoms with E-state index in [0.717, 1.165) is 0 Å². The fraction of sp³-hybridized carbons (Fsp3) is 0.391. The first-order chi connectivity index (χ1) is 23.2. The minimum atomic E-state index is 0.0607. The van der Waals surface area contributed by atoms with Gasteiger partial charge in [-0.1, -0.05) is 112 Å². The molecular formula is C46H48N2. The van der Waals surface area contributed by atoms with Gasteiger partial charge in [0.1, 0.15) is 0 Å². The molecule has 2 saturated carbocycles. The van der Waals surface area contributed by atoms with Gasteiger partial charge in [-0.3, -0.25) is 0 Å². The molecule has 2 heteroatoms. The molecule has 10 rings (SSSR count). The summed E-state index contributed by atoms with van der Waals surface area (Å²) < 4.78 is 0. The van der Waals surface area contributed by atoms with Crippen molar-refractivity contribution in [3.05, 3.63) is 108 Å². The van der Waals surface area contributed by atoms with E-state index in [0.29, 0.717) is 0 Å². The Kier molecular flexibility index (Phi) is 5.89. The zero-order valence-electron chi connectivity index (χ0n) is 29.2. The number of benzene rings is 6. The molecule has 2 fully saturated rings. The summed E-state index contributed by atoms with van der Waals surface area (Å²) in [5, 5.41) is 8.32. The second-order valence-electron chi connectivity index (χ2n) is 17.0. The fourth-order valence-electron chi connectivity index (χ4n) is 11.5. The summed E-state index contributed by atoms with van der Waals surface area (Å²) in [5.74, 6) is 0. The average molecular weight is 629 g/mol. The summed E-state index contributed by atoms with van der Waals surface area (Å²) in [6.45, 7) is 10.3. The predicted molar refractivity (Wildman–Crippen MR) is 205 cm³/mol. The molecule has 2 heterocycles. The van der Waals surface area contributed by atoms with Crippen molar-refractivity contribution in [3.8, 4) is 0 Å². The monoisotopic (exact) mass is 628 g/mol. The van der Waals surface area contributed by atoms with Gasteiger partial charge in [-0.2, -0.15) is 0 Å². The molecule has 2 nitrogen and oxygen atoms in total. The third-order valence-electron chi connectivity index (χ3n) is 14.6. The van der Waals surface area contributed by atoms with Gasteiger partial charge in [-0.25, -0.2) is 0 Å². The van der Waals surface area contributed by atoms with Crippen LogP contribution in [0.4, 0.5) is 22.7 Å². The third kappa shape index (κ3) is 3.59. The maximum atomic E-state index is 2.80. The SMILES string of the molecule is CC12CCCCC1(C)N(c1ccc3ccc4c(N5c6ccccc6CC6(C)CCCCC56C)ccc5ccc1c3c54)c1ccccc1C2. The van der Waals surface area contributed by atoms with Crippen LogP contribution in [0.25, 0.3) is 32.3 Å². The summed E-state index contributed by atoms with van der Waals surface area (Å²) in [4.78, 5) is 5.60. The van der Waals surface area contributed by atoms with Crippen molar-refractivity contribution in [3.63, 3.8) is 0 Å². The summed E-state index contributed by atoms with van der Waals surface area (Å²) >= 11 is 0. The number of fused-ring (bicyclic) bond motifs is 4. The fourth-order valence-corrected chi connectivity index (χ4v) is 11.5. The second-order valence-corrected chi connectivity index (χ2v) is 17.0. The molecule has 4 unspecified atom stereocenters. The van der Waals surface area contributed by atoms with Crippen molar-refractivity contribution in [2.45, 2.75) is 103 Å². The minimum absolute atomic E-state index is 0.0607. The van der Waals surface area contributed by atoms with Crippen molar-refractivity contribution in [2.75, 3.05) is 9.80 Å². The molecule has 0 spiro atoms. The van der Waals surface area contributed by atoms with Crippen molar-refractivity contribution in [2.24, 2.45) is 10.8 Å². The normalized spacial score (nSPS) is 29.9. The highest BCUT2D eigenvalue weighted by atomic mass is 15.2. The lowest BCUT2D eigenvalue weighted by Gasteiger charge is -2.60. The van der Waals surface area contributed by atoms with E-state index in [1.807, 2.05) is 0 Å². The summed E-state index contributed by atoms with van der Waals surface area (Å²) in [6, 6.07) is 38.0. The lowest BCUT2D eigenvalue weighted by molar-refractivity contribution is 0.0864. The molecule has 6 aromatic carbocycles. The molecule has 4 aliphatic rings. The highest BCUT2D eigenvalue weighted by molar-refractivity contribution is 6.27. The topological polar surface area (TPSA) is 6.48 Å². The van der Waals surface area contributed by atoms with Crippen LogP contribution in [0, 0.1) is 10.8 Å². The quantitative estimate of drug-likeness (QED) is 0.176. The van der Waals surface area contributed by atoms with Gasteiger partial charge < -0.3 is 9.80 Å². The van der Waals surface area contributed by atoms with Crippen LogP contribution >= 0.6 is 0 Å². The van der Waals surface area contributed by atoms with E-state index in [4.69, 9.17) is 0 Å². The largest absolute Gasteiger partial charge is 0.334 e. The second kappa shape index (κ2) is 9.78. The van der Waals surface area contributed by atoms with Crippen LogP contribution in [0.2, 0.25) is 0 Å². The molecule has 2 aliphatic heterocycles. The first-order valence-corrected chi connectivity index (χ1v) is 18.7. The zero-order chi connectivity index (χ0) is 32.5. The Morgan fingerprint density at radius 3 is 1.27 bits per heavy atom. The van der Waals surface area contributed by atoms with Crippen LogP contribution in [0.5, 0.6) is 0 Å². The van der Waals surface area contributed by atoms with Crippen LogP contribution in [-0.4, -0.2) is 11.1 Å². The van der Waals surface area contributed by atoms with E-state index < -0.39 is 0 Å². The Morgan fingerprint density at radius 1 is 0.417 bits per heavy atom. The van der Waals surface area contributed by atoms with Crippen LogP contribution in [0.3, 0.4) is 0 Å². The number of rotatable bonds is 2. The first kappa shape index (κ1) is 28.9. The van der Waals surface area contributed by atoms with Crippen LogP contribution in [-0.2, 0) is 12.8 Å². The van der Waals surface area contributed by atoms with Gasteiger partial charge in [0.2, 0.25) is 0 Å².